The van der Waals surface area contributed by atoms with Crippen molar-refractivity contribution in [3.8, 4) is 11.3 Å². The number of hydrogen-bond acceptors (Lipinski definition) is 4. The zero-order valence-corrected chi connectivity index (χ0v) is 17.9. The number of anilines is 1. The number of aryl methyl sites for hydroxylation is 1. The molecule has 0 spiro atoms. The summed E-state index contributed by atoms with van der Waals surface area (Å²) in [5, 5.41) is 3.14. The summed E-state index contributed by atoms with van der Waals surface area (Å²) in [5.74, 6) is 1.30. The maximum atomic E-state index is 12.4. The van der Waals surface area contributed by atoms with Crippen LogP contribution in [-0.2, 0) is 4.79 Å². The number of unbranched alkanes of at least 4 members (excludes halogenated alkanes) is 4. The number of carbonyl (C=O) groups is 1. The lowest BCUT2D eigenvalue weighted by Gasteiger charge is -2.32. The first-order valence-electron chi connectivity index (χ1n) is 11.1. The van der Waals surface area contributed by atoms with E-state index in [0.29, 0.717) is 0 Å². The van der Waals surface area contributed by atoms with Crippen molar-refractivity contribution in [1.82, 2.24) is 15.3 Å². The molecular formula is C24H34N4O. The minimum Gasteiger partial charge on any atom is -0.356 e. The topological polar surface area (TPSA) is 58.1 Å². The van der Waals surface area contributed by atoms with E-state index < -0.39 is 0 Å². The monoisotopic (exact) mass is 394 g/mol. The number of aromatic nitrogens is 2. The molecule has 1 aromatic heterocycles. The van der Waals surface area contributed by atoms with Gasteiger partial charge in [-0.25, -0.2) is 9.97 Å². The molecule has 0 saturated carbocycles. The summed E-state index contributed by atoms with van der Waals surface area (Å²) in [5.41, 5.74) is 3.28. The summed E-state index contributed by atoms with van der Waals surface area (Å²) < 4.78 is 0. The van der Waals surface area contributed by atoms with E-state index in [0.717, 1.165) is 56.0 Å². The Morgan fingerprint density at radius 1 is 1.10 bits per heavy atom. The van der Waals surface area contributed by atoms with Crippen molar-refractivity contribution in [2.75, 3.05) is 24.5 Å². The third-order valence-electron chi connectivity index (χ3n) is 5.74. The van der Waals surface area contributed by atoms with Crippen LogP contribution in [0, 0.1) is 12.8 Å². The first-order chi connectivity index (χ1) is 14.2. The molecule has 0 radical (unpaired) electrons. The van der Waals surface area contributed by atoms with Gasteiger partial charge in [0, 0.05) is 37.2 Å². The van der Waals surface area contributed by atoms with E-state index in [1.54, 1.807) is 6.33 Å². The predicted molar refractivity (Wildman–Crippen MR) is 119 cm³/mol. The third kappa shape index (κ3) is 6.28. The van der Waals surface area contributed by atoms with Crippen molar-refractivity contribution in [3.05, 3.63) is 42.2 Å². The fourth-order valence-electron chi connectivity index (χ4n) is 3.94. The van der Waals surface area contributed by atoms with Gasteiger partial charge in [0.15, 0.2) is 0 Å². The van der Waals surface area contributed by atoms with Crippen LogP contribution in [0.4, 0.5) is 5.82 Å². The van der Waals surface area contributed by atoms with Crippen LogP contribution >= 0.6 is 0 Å². The van der Waals surface area contributed by atoms with Crippen molar-refractivity contribution in [1.29, 1.82) is 0 Å². The summed E-state index contributed by atoms with van der Waals surface area (Å²) >= 11 is 0. The second-order valence-corrected chi connectivity index (χ2v) is 8.10. The number of hydrogen-bond donors (Lipinski definition) is 1. The molecule has 1 saturated heterocycles. The van der Waals surface area contributed by atoms with E-state index in [9.17, 15) is 4.79 Å². The lowest BCUT2D eigenvalue weighted by molar-refractivity contribution is -0.125. The molecule has 1 amide bonds. The molecule has 0 bridgehead atoms. The normalized spacial score (nSPS) is 14.8. The van der Waals surface area contributed by atoms with Crippen LogP contribution in [-0.4, -0.2) is 35.5 Å². The summed E-state index contributed by atoms with van der Waals surface area (Å²) in [6.45, 7) is 6.85. The van der Waals surface area contributed by atoms with Gasteiger partial charge in [0.2, 0.25) is 5.91 Å². The Labute approximate surface area is 175 Å². The molecule has 0 unspecified atom stereocenters. The van der Waals surface area contributed by atoms with Crippen LogP contribution < -0.4 is 10.2 Å². The molecule has 1 N–H and O–H groups in total. The molecule has 2 aromatic rings. The molecule has 2 heterocycles. The highest BCUT2D eigenvalue weighted by molar-refractivity contribution is 5.79. The zero-order valence-electron chi connectivity index (χ0n) is 17.9. The van der Waals surface area contributed by atoms with E-state index in [-0.39, 0.29) is 11.8 Å². The van der Waals surface area contributed by atoms with Crippen LogP contribution in [0.5, 0.6) is 0 Å². The third-order valence-corrected chi connectivity index (χ3v) is 5.74. The van der Waals surface area contributed by atoms with Crippen LogP contribution in [0.2, 0.25) is 0 Å². The van der Waals surface area contributed by atoms with E-state index >= 15 is 0 Å². The first-order valence-corrected chi connectivity index (χ1v) is 11.1. The van der Waals surface area contributed by atoms with Gasteiger partial charge in [-0.3, -0.25) is 4.79 Å². The van der Waals surface area contributed by atoms with Crippen LogP contribution in [0.1, 0.15) is 57.4 Å². The second kappa shape index (κ2) is 10.9. The van der Waals surface area contributed by atoms with Gasteiger partial charge >= 0.3 is 0 Å². The van der Waals surface area contributed by atoms with Crippen molar-refractivity contribution < 1.29 is 4.79 Å². The van der Waals surface area contributed by atoms with Gasteiger partial charge in [0.1, 0.15) is 12.1 Å². The predicted octanol–water partition coefficient (Wildman–Crippen LogP) is 4.76. The van der Waals surface area contributed by atoms with Crippen molar-refractivity contribution in [3.63, 3.8) is 0 Å². The average molecular weight is 395 g/mol. The summed E-state index contributed by atoms with van der Waals surface area (Å²) in [6, 6.07) is 10.4. The number of piperidine rings is 1. The molecular weight excluding hydrogens is 360 g/mol. The van der Waals surface area contributed by atoms with Gasteiger partial charge in [-0.15, -0.1) is 0 Å². The number of benzene rings is 1. The number of carbonyl (C=O) groups excluding carboxylic acids is 1. The summed E-state index contributed by atoms with van der Waals surface area (Å²) in [7, 11) is 0. The first kappa shape index (κ1) is 21.3. The maximum absolute atomic E-state index is 12.4. The van der Waals surface area contributed by atoms with E-state index in [2.05, 4.69) is 64.4 Å². The van der Waals surface area contributed by atoms with Gasteiger partial charge in [-0.2, -0.15) is 0 Å². The Bertz CT molecular complexity index is 784. The Kier molecular flexibility index (Phi) is 8.03. The molecule has 156 valence electrons. The van der Waals surface area contributed by atoms with Gasteiger partial charge in [0.25, 0.3) is 0 Å². The lowest BCUT2D eigenvalue weighted by atomic mass is 9.95. The van der Waals surface area contributed by atoms with Gasteiger partial charge in [-0.05, 0) is 32.3 Å². The average Bonchev–Trinajstić information content (AvgIpc) is 2.76. The summed E-state index contributed by atoms with van der Waals surface area (Å²) in [4.78, 5) is 23.6. The SMILES string of the molecule is CCCCCCCNC(=O)C1CCN(c2cc(-c3cccc(C)c3)ncn2)CC1. The Morgan fingerprint density at radius 2 is 1.90 bits per heavy atom. The van der Waals surface area contributed by atoms with Crippen LogP contribution in [0.15, 0.2) is 36.7 Å². The molecule has 1 fully saturated rings. The minimum absolute atomic E-state index is 0.125. The van der Waals surface area contributed by atoms with Gasteiger partial charge in [0.05, 0.1) is 5.69 Å². The largest absolute Gasteiger partial charge is 0.356 e. The molecule has 1 aliphatic heterocycles. The van der Waals surface area contributed by atoms with E-state index in [4.69, 9.17) is 0 Å². The smallest absolute Gasteiger partial charge is 0.223 e. The Balaban J connectivity index is 1.48. The number of rotatable bonds is 9. The molecule has 1 aromatic carbocycles. The maximum Gasteiger partial charge on any atom is 0.223 e. The van der Waals surface area contributed by atoms with E-state index in [1.807, 2.05) is 0 Å². The molecule has 5 nitrogen and oxygen atoms in total. The second-order valence-electron chi connectivity index (χ2n) is 8.10. The highest BCUT2D eigenvalue weighted by atomic mass is 16.1. The number of amides is 1. The number of nitrogens with zero attached hydrogens (tertiary/aromatic N) is 3. The lowest BCUT2D eigenvalue weighted by Crippen LogP contribution is -2.41. The molecule has 1 aliphatic rings. The molecule has 0 aliphatic carbocycles. The Morgan fingerprint density at radius 3 is 2.66 bits per heavy atom. The van der Waals surface area contributed by atoms with Gasteiger partial charge < -0.3 is 10.2 Å². The highest BCUT2D eigenvalue weighted by Gasteiger charge is 2.25. The van der Waals surface area contributed by atoms with Crippen LogP contribution in [0.25, 0.3) is 11.3 Å². The quantitative estimate of drug-likeness (QED) is 0.623. The van der Waals surface area contributed by atoms with Crippen LogP contribution in [0.3, 0.4) is 0 Å². The number of nitrogens with one attached hydrogen (secondary N) is 1. The van der Waals surface area contributed by atoms with Crippen molar-refractivity contribution >= 4 is 11.7 Å². The summed E-state index contributed by atoms with van der Waals surface area (Å²) in [6.07, 6.45) is 9.52. The minimum atomic E-state index is 0.125. The molecule has 5 heteroatoms. The zero-order chi connectivity index (χ0) is 20.5. The standard InChI is InChI=1S/C24H34N4O/c1-3-4-5-6-7-13-25-24(29)20-11-14-28(15-12-20)23-17-22(26-18-27-23)21-10-8-9-19(2)16-21/h8-10,16-18,20H,3-7,11-15H2,1-2H3,(H,25,29). The highest BCUT2D eigenvalue weighted by Crippen LogP contribution is 2.25. The fourth-order valence-corrected chi connectivity index (χ4v) is 3.94. The van der Waals surface area contributed by atoms with Crippen molar-refractivity contribution in [2.24, 2.45) is 5.92 Å². The molecule has 29 heavy (non-hydrogen) atoms. The Hall–Kier alpha value is -2.43. The fraction of sp³-hybridized carbons (Fsp3) is 0.542. The molecule has 0 atom stereocenters. The van der Waals surface area contributed by atoms with Crippen molar-refractivity contribution in [2.45, 2.75) is 58.8 Å². The van der Waals surface area contributed by atoms with Gasteiger partial charge in [-0.1, -0.05) is 56.4 Å². The van der Waals surface area contributed by atoms with E-state index in [1.165, 1.54) is 31.2 Å². The molecule has 3 rings (SSSR count).